The van der Waals surface area contributed by atoms with Crippen LogP contribution in [0.4, 0.5) is 0 Å². The summed E-state index contributed by atoms with van der Waals surface area (Å²) in [5.74, 6) is 3.09. The molecule has 0 fully saturated rings. The predicted molar refractivity (Wildman–Crippen MR) is 66.0 cm³/mol. The van der Waals surface area contributed by atoms with Crippen molar-refractivity contribution in [2.45, 2.75) is 33.1 Å². The molecule has 0 radical (unpaired) electrons. The van der Waals surface area contributed by atoms with Crippen molar-refractivity contribution in [2.24, 2.45) is 11.7 Å². The lowest BCUT2D eigenvalue weighted by Crippen LogP contribution is -2.13. The number of terminal acetylenes is 1. The summed E-state index contributed by atoms with van der Waals surface area (Å²) in [4.78, 5) is 0. The first kappa shape index (κ1) is 11.7. The molecule has 0 saturated carbocycles. The van der Waals surface area contributed by atoms with Gasteiger partial charge < -0.3 is 5.73 Å². The molecule has 0 amide bonds. The van der Waals surface area contributed by atoms with Crippen molar-refractivity contribution < 1.29 is 0 Å². The lowest BCUT2D eigenvalue weighted by Gasteiger charge is -2.25. The third-order valence-corrected chi connectivity index (χ3v) is 2.99. The van der Waals surface area contributed by atoms with E-state index in [9.17, 15) is 0 Å². The minimum absolute atomic E-state index is 0.378. The SMILES string of the molecule is C#C/C(C1=C(C)CCCC1C=C)=C(\C)N. The standard InChI is InChI=1S/C14H19N/c1-5-12-9-7-8-10(3)14(12)13(6-2)11(4)15/h2,5,12H,1,7-9,15H2,3-4H3/b13-11-. The highest BCUT2D eigenvalue weighted by Crippen LogP contribution is 2.35. The Bertz CT molecular complexity index is 359. The van der Waals surface area contributed by atoms with Gasteiger partial charge in [-0.05, 0) is 38.7 Å². The summed E-state index contributed by atoms with van der Waals surface area (Å²) in [6.07, 6.45) is 11.0. The van der Waals surface area contributed by atoms with E-state index in [1.54, 1.807) is 0 Å². The molecule has 0 aromatic heterocycles. The quantitative estimate of drug-likeness (QED) is 0.539. The average molecular weight is 201 g/mol. The van der Waals surface area contributed by atoms with Crippen LogP contribution < -0.4 is 5.73 Å². The van der Waals surface area contributed by atoms with Crippen molar-refractivity contribution in [1.82, 2.24) is 0 Å². The Hall–Kier alpha value is -1.42. The van der Waals surface area contributed by atoms with Gasteiger partial charge in [0.1, 0.15) is 0 Å². The molecule has 1 rings (SSSR count). The molecule has 2 N–H and O–H groups in total. The van der Waals surface area contributed by atoms with E-state index in [0.29, 0.717) is 5.92 Å². The molecule has 0 heterocycles. The molecule has 0 aromatic rings. The van der Waals surface area contributed by atoms with E-state index in [4.69, 9.17) is 12.2 Å². The Morgan fingerprint density at radius 3 is 2.80 bits per heavy atom. The minimum atomic E-state index is 0.378. The zero-order valence-corrected chi connectivity index (χ0v) is 9.64. The van der Waals surface area contributed by atoms with Gasteiger partial charge in [-0.25, -0.2) is 0 Å². The van der Waals surface area contributed by atoms with Crippen LogP contribution in [0.25, 0.3) is 0 Å². The topological polar surface area (TPSA) is 26.0 Å². The Labute approximate surface area is 92.7 Å². The van der Waals surface area contributed by atoms with Crippen molar-refractivity contribution in [3.05, 3.63) is 35.1 Å². The van der Waals surface area contributed by atoms with Crippen LogP contribution in [0.15, 0.2) is 35.1 Å². The van der Waals surface area contributed by atoms with E-state index >= 15 is 0 Å². The van der Waals surface area contributed by atoms with Gasteiger partial charge in [0, 0.05) is 17.2 Å². The molecule has 1 aliphatic carbocycles. The lowest BCUT2D eigenvalue weighted by molar-refractivity contribution is 0.585. The van der Waals surface area contributed by atoms with Gasteiger partial charge in [-0.3, -0.25) is 0 Å². The Balaban J connectivity index is 3.25. The summed E-state index contributed by atoms with van der Waals surface area (Å²) in [6, 6.07) is 0. The first-order valence-corrected chi connectivity index (χ1v) is 5.37. The molecule has 1 unspecified atom stereocenters. The van der Waals surface area contributed by atoms with Gasteiger partial charge in [0.2, 0.25) is 0 Å². The van der Waals surface area contributed by atoms with Crippen LogP contribution in [0, 0.1) is 18.3 Å². The number of nitrogens with two attached hydrogens (primary N) is 1. The summed E-state index contributed by atoms with van der Waals surface area (Å²) >= 11 is 0. The van der Waals surface area contributed by atoms with Gasteiger partial charge in [-0.2, -0.15) is 0 Å². The van der Waals surface area contributed by atoms with E-state index in [2.05, 4.69) is 19.4 Å². The zero-order valence-electron chi connectivity index (χ0n) is 9.64. The van der Waals surface area contributed by atoms with Gasteiger partial charge in [0.15, 0.2) is 0 Å². The normalized spacial score (nSPS) is 23.1. The second-order valence-corrected chi connectivity index (χ2v) is 4.13. The van der Waals surface area contributed by atoms with Crippen LogP contribution in [0.5, 0.6) is 0 Å². The van der Waals surface area contributed by atoms with E-state index < -0.39 is 0 Å². The maximum absolute atomic E-state index is 5.83. The van der Waals surface area contributed by atoms with Crippen LogP contribution in [-0.2, 0) is 0 Å². The first-order valence-electron chi connectivity index (χ1n) is 5.37. The Morgan fingerprint density at radius 1 is 1.67 bits per heavy atom. The maximum Gasteiger partial charge on any atom is 0.0464 e. The van der Waals surface area contributed by atoms with Gasteiger partial charge in [-0.1, -0.05) is 17.6 Å². The van der Waals surface area contributed by atoms with Crippen molar-refractivity contribution >= 4 is 0 Å². The third-order valence-electron chi connectivity index (χ3n) is 2.99. The van der Waals surface area contributed by atoms with Gasteiger partial charge in [0.05, 0.1) is 0 Å². The van der Waals surface area contributed by atoms with Crippen LogP contribution in [0.3, 0.4) is 0 Å². The second-order valence-electron chi connectivity index (χ2n) is 4.13. The summed E-state index contributed by atoms with van der Waals surface area (Å²) in [7, 11) is 0. The molecular weight excluding hydrogens is 182 g/mol. The number of allylic oxidation sites excluding steroid dienone is 5. The van der Waals surface area contributed by atoms with Crippen LogP contribution in [0.2, 0.25) is 0 Å². The first-order chi connectivity index (χ1) is 7.11. The lowest BCUT2D eigenvalue weighted by atomic mass is 9.79. The fourth-order valence-electron chi connectivity index (χ4n) is 2.22. The summed E-state index contributed by atoms with van der Waals surface area (Å²) in [6.45, 7) is 7.89. The zero-order chi connectivity index (χ0) is 11.4. The molecule has 0 aromatic carbocycles. The molecule has 1 aliphatic rings. The van der Waals surface area contributed by atoms with E-state index in [1.807, 2.05) is 13.0 Å². The fraction of sp³-hybridized carbons (Fsp3) is 0.429. The Kier molecular flexibility index (Phi) is 3.80. The summed E-state index contributed by atoms with van der Waals surface area (Å²) in [5, 5.41) is 0. The molecule has 1 atom stereocenters. The van der Waals surface area contributed by atoms with Gasteiger partial charge >= 0.3 is 0 Å². The highest BCUT2D eigenvalue weighted by Gasteiger charge is 2.21. The van der Waals surface area contributed by atoms with Crippen LogP contribution in [0.1, 0.15) is 33.1 Å². The largest absolute Gasteiger partial charge is 0.401 e. The van der Waals surface area contributed by atoms with Crippen molar-refractivity contribution in [3.8, 4) is 12.3 Å². The number of rotatable bonds is 2. The Morgan fingerprint density at radius 2 is 2.33 bits per heavy atom. The van der Waals surface area contributed by atoms with E-state index in [1.165, 1.54) is 17.6 Å². The molecule has 1 nitrogen and oxygen atoms in total. The molecule has 0 saturated heterocycles. The summed E-state index contributed by atoms with van der Waals surface area (Å²) in [5.41, 5.74) is 10.0. The summed E-state index contributed by atoms with van der Waals surface area (Å²) < 4.78 is 0. The number of hydrogen-bond acceptors (Lipinski definition) is 1. The van der Waals surface area contributed by atoms with Gasteiger partial charge in [-0.15, -0.1) is 13.0 Å². The van der Waals surface area contributed by atoms with Crippen LogP contribution in [-0.4, -0.2) is 0 Å². The maximum atomic E-state index is 5.83. The molecular formula is C14H19N. The van der Waals surface area contributed by atoms with E-state index in [0.717, 1.165) is 24.1 Å². The van der Waals surface area contributed by atoms with Gasteiger partial charge in [0.25, 0.3) is 0 Å². The predicted octanol–water partition coefficient (Wildman–Crippen LogP) is 3.15. The molecule has 15 heavy (non-hydrogen) atoms. The molecule has 0 spiro atoms. The molecule has 0 aliphatic heterocycles. The monoisotopic (exact) mass is 201 g/mol. The number of hydrogen-bond donors (Lipinski definition) is 1. The minimum Gasteiger partial charge on any atom is -0.401 e. The van der Waals surface area contributed by atoms with Crippen molar-refractivity contribution in [1.29, 1.82) is 0 Å². The fourth-order valence-corrected chi connectivity index (χ4v) is 2.22. The van der Waals surface area contributed by atoms with E-state index in [-0.39, 0.29) is 0 Å². The smallest absolute Gasteiger partial charge is 0.0464 e. The van der Waals surface area contributed by atoms with Crippen LogP contribution >= 0.6 is 0 Å². The van der Waals surface area contributed by atoms with Crippen molar-refractivity contribution in [2.75, 3.05) is 0 Å². The van der Waals surface area contributed by atoms with Crippen molar-refractivity contribution in [3.63, 3.8) is 0 Å². The molecule has 1 heteroatoms. The average Bonchev–Trinajstić information content (AvgIpc) is 2.21. The third kappa shape index (κ3) is 2.33. The molecule has 0 bridgehead atoms. The highest BCUT2D eigenvalue weighted by atomic mass is 14.6. The molecule has 80 valence electrons. The highest BCUT2D eigenvalue weighted by molar-refractivity contribution is 5.51. The second kappa shape index (κ2) is 4.89.